The van der Waals surface area contributed by atoms with E-state index in [0.29, 0.717) is 17.2 Å². The molecule has 1 heterocycles. The number of rotatable bonds is 7. The second-order valence-electron chi connectivity index (χ2n) is 6.92. The Hall–Kier alpha value is -1.59. The Bertz CT molecular complexity index is 588. The van der Waals surface area contributed by atoms with Gasteiger partial charge in [-0.25, -0.2) is 0 Å². The number of benzene rings is 1. The molecule has 146 valence electrons. The Morgan fingerprint density at radius 3 is 2.46 bits per heavy atom. The summed E-state index contributed by atoms with van der Waals surface area (Å²) in [6, 6.07) is 7.71. The summed E-state index contributed by atoms with van der Waals surface area (Å²) in [7, 11) is 0. The molecule has 1 aliphatic heterocycles. The molecule has 2 rings (SSSR count). The van der Waals surface area contributed by atoms with Crippen LogP contribution < -0.4 is 10.6 Å². The van der Waals surface area contributed by atoms with E-state index >= 15 is 0 Å². The minimum atomic E-state index is -0.0914. The van der Waals surface area contributed by atoms with Crippen LogP contribution in [0.2, 0.25) is 0 Å². The van der Waals surface area contributed by atoms with Gasteiger partial charge in [0, 0.05) is 36.3 Å². The summed E-state index contributed by atoms with van der Waals surface area (Å²) in [5, 5.41) is 6.49. The molecular weight excluding hydrogens is 350 g/mol. The van der Waals surface area contributed by atoms with Gasteiger partial charge in [0.25, 0.3) is 11.8 Å². The van der Waals surface area contributed by atoms with Crippen LogP contribution >= 0.6 is 12.4 Å². The van der Waals surface area contributed by atoms with E-state index in [1.807, 2.05) is 4.90 Å². The van der Waals surface area contributed by atoms with E-state index in [1.165, 1.54) is 0 Å². The first-order valence-electron chi connectivity index (χ1n) is 9.48. The third kappa shape index (κ3) is 6.29. The van der Waals surface area contributed by atoms with Crippen molar-refractivity contribution in [2.45, 2.75) is 58.5 Å². The highest BCUT2D eigenvalue weighted by Gasteiger charge is 2.21. The third-order valence-electron chi connectivity index (χ3n) is 4.60. The molecule has 6 heteroatoms. The van der Waals surface area contributed by atoms with Crippen molar-refractivity contribution >= 4 is 24.2 Å². The first kappa shape index (κ1) is 22.5. The van der Waals surface area contributed by atoms with Crippen LogP contribution in [0.3, 0.4) is 0 Å². The van der Waals surface area contributed by atoms with Crippen molar-refractivity contribution in [2.24, 2.45) is 0 Å². The fourth-order valence-corrected chi connectivity index (χ4v) is 3.36. The molecule has 0 saturated carbocycles. The number of halogens is 1. The highest BCUT2D eigenvalue weighted by molar-refractivity contribution is 5.99. The second kappa shape index (κ2) is 11.2. The van der Waals surface area contributed by atoms with Gasteiger partial charge in [-0.1, -0.05) is 19.9 Å². The van der Waals surface area contributed by atoms with Crippen molar-refractivity contribution in [1.29, 1.82) is 0 Å². The lowest BCUT2D eigenvalue weighted by molar-refractivity contribution is 0.0755. The number of hydrogen-bond donors (Lipinski definition) is 2. The van der Waals surface area contributed by atoms with Gasteiger partial charge < -0.3 is 15.5 Å². The Morgan fingerprint density at radius 2 is 1.85 bits per heavy atom. The zero-order chi connectivity index (χ0) is 18.2. The van der Waals surface area contributed by atoms with Crippen LogP contribution in [0.4, 0.5) is 0 Å². The highest BCUT2D eigenvalue weighted by atomic mass is 35.5. The van der Waals surface area contributed by atoms with Gasteiger partial charge in [-0.2, -0.15) is 0 Å². The first-order valence-corrected chi connectivity index (χ1v) is 9.48. The molecule has 1 saturated heterocycles. The summed E-state index contributed by atoms with van der Waals surface area (Å²) in [6.07, 6.45) is 3.74. The summed E-state index contributed by atoms with van der Waals surface area (Å²) in [5.74, 6) is -0.0832. The third-order valence-corrected chi connectivity index (χ3v) is 4.60. The quantitative estimate of drug-likeness (QED) is 0.762. The normalized spacial score (nSPS) is 19.3. The minimum absolute atomic E-state index is 0. The standard InChI is InChI=1S/C20H31N3O2.ClH/c1-4-11-23(12-5-2)20(25)17-8-6-7-16(14-17)19(24)22-18-9-10-21-15(3)13-18;/h6-8,14-15,18,21H,4-5,9-13H2,1-3H3,(H,22,24);1H. The summed E-state index contributed by atoms with van der Waals surface area (Å²) < 4.78 is 0. The molecule has 0 aromatic heterocycles. The average molecular weight is 382 g/mol. The van der Waals surface area contributed by atoms with Crippen LogP contribution in [-0.4, -0.2) is 48.4 Å². The Labute approximate surface area is 163 Å². The molecule has 1 aromatic rings. The molecule has 2 unspecified atom stereocenters. The van der Waals surface area contributed by atoms with Gasteiger partial charge in [-0.15, -0.1) is 12.4 Å². The molecule has 1 aliphatic rings. The summed E-state index contributed by atoms with van der Waals surface area (Å²) >= 11 is 0. The van der Waals surface area contributed by atoms with Crippen molar-refractivity contribution in [2.75, 3.05) is 19.6 Å². The number of carbonyl (C=O) groups is 2. The van der Waals surface area contributed by atoms with E-state index in [9.17, 15) is 9.59 Å². The maximum Gasteiger partial charge on any atom is 0.253 e. The number of piperidine rings is 1. The molecule has 2 atom stereocenters. The second-order valence-corrected chi connectivity index (χ2v) is 6.92. The van der Waals surface area contributed by atoms with Gasteiger partial charge in [0.2, 0.25) is 0 Å². The molecule has 1 fully saturated rings. The fraction of sp³-hybridized carbons (Fsp3) is 0.600. The largest absolute Gasteiger partial charge is 0.349 e. The first-order chi connectivity index (χ1) is 12.0. The topological polar surface area (TPSA) is 61.4 Å². The van der Waals surface area contributed by atoms with E-state index in [4.69, 9.17) is 0 Å². The highest BCUT2D eigenvalue weighted by Crippen LogP contribution is 2.12. The Balaban J connectivity index is 0.00000338. The van der Waals surface area contributed by atoms with E-state index < -0.39 is 0 Å². The molecule has 2 N–H and O–H groups in total. The van der Waals surface area contributed by atoms with Gasteiger partial charge in [0.1, 0.15) is 0 Å². The zero-order valence-corrected chi connectivity index (χ0v) is 16.9. The molecule has 0 bridgehead atoms. The van der Waals surface area contributed by atoms with Gasteiger partial charge in [-0.3, -0.25) is 9.59 Å². The van der Waals surface area contributed by atoms with Crippen molar-refractivity contribution in [3.8, 4) is 0 Å². The maximum absolute atomic E-state index is 12.7. The summed E-state index contributed by atoms with van der Waals surface area (Å²) in [6.45, 7) is 8.69. The molecule has 0 aliphatic carbocycles. The number of amides is 2. The average Bonchev–Trinajstić information content (AvgIpc) is 2.61. The smallest absolute Gasteiger partial charge is 0.253 e. The van der Waals surface area contributed by atoms with Gasteiger partial charge in [0.15, 0.2) is 0 Å². The Morgan fingerprint density at radius 1 is 1.19 bits per heavy atom. The van der Waals surface area contributed by atoms with Crippen LogP contribution in [0.25, 0.3) is 0 Å². The van der Waals surface area contributed by atoms with E-state index in [0.717, 1.165) is 45.3 Å². The number of carbonyl (C=O) groups excluding carboxylic acids is 2. The zero-order valence-electron chi connectivity index (χ0n) is 16.1. The monoisotopic (exact) mass is 381 g/mol. The van der Waals surface area contributed by atoms with E-state index in [-0.39, 0.29) is 30.3 Å². The lowest BCUT2D eigenvalue weighted by Gasteiger charge is -2.28. The predicted octanol–water partition coefficient (Wildman–Crippen LogP) is 3.24. The predicted molar refractivity (Wildman–Crippen MR) is 108 cm³/mol. The molecule has 26 heavy (non-hydrogen) atoms. The van der Waals surface area contributed by atoms with E-state index in [2.05, 4.69) is 31.4 Å². The number of nitrogens with one attached hydrogen (secondary N) is 2. The molecule has 5 nitrogen and oxygen atoms in total. The van der Waals surface area contributed by atoms with Crippen LogP contribution in [0.15, 0.2) is 24.3 Å². The molecule has 2 amide bonds. The van der Waals surface area contributed by atoms with E-state index in [1.54, 1.807) is 24.3 Å². The fourth-order valence-electron chi connectivity index (χ4n) is 3.36. The van der Waals surface area contributed by atoms with Crippen LogP contribution in [-0.2, 0) is 0 Å². The van der Waals surface area contributed by atoms with Crippen molar-refractivity contribution < 1.29 is 9.59 Å². The summed E-state index contributed by atoms with van der Waals surface area (Å²) in [5.41, 5.74) is 1.15. The van der Waals surface area contributed by atoms with Crippen LogP contribution in [0.5, 0.6) is 0 Å². The maximum atomic E-state index is 12.7. The van der Waals surface area contributed by atoms with Crippen molar-refractivity contribution in [1.82, 2.24) is 15.5 Å². The Kier molecular flexibility index (Phi) is 9.66. The van der Waals surface area contributed by atoms with Crippen LogP contribution in [0.1, 0.15) is 67.2 Å². The molecule has 0 spiro atoms. The SMILES string of the molecule is CCCN(CCC)C(=O)c1cccc(C(=O)NC2CCNC(C)C2)c1.Cl. The summed E-state index contributed by atoms with van der Waals surface area (Å²) in [4.78, 5) is 27.1. The number of hydrogen-bond acceptors (Lipinski definition) is 3. The van der Waals surface area contributed by atoms with Crippen LogP contribution in [0, 0.1) is 0 Å². The van der Waals surface area contributed by atoms with Gasteiger partial charge >= 0.3 is 0 Å². The van der Waals surface area contributed by atoms with Gasteiger partial charge in [-0.05, 0) is 57.4 Å². The molecule has 0 radical (unpaired) electrons. The molecular formula is C20H32ClN3O2. The number of nitrogens with zero attached hydrogens (tertiary/aromatic N) is 1. The lowest BCUT2D eigenvalue weighted by atomic mass is 10.00. The molecule has 1 aromatic carbocycles. The van der Waals surface area contributed by atoms with Crippen molar-refractivity contribution in [3.05, 3.63) is 35.4 Å². The van der Waals surface area contributed by atoms with Crippen molar-refractivity contribution in [3.63, 3.8) is 0 Å². The minimum Gasteiger partial charge on any atom is -0.349 e. The lowest BCUT2D eigenvalue weighted by Crippen LogP contribution is -2.46. The van der Waals surface area contributed by atoms with Gasteiger partial charge in [0.05, 0.1) is 0 Å².